The number of likely N-dealkylation sites (tertiary alicyclic amines) is 1. The van der Waals surface area contributed by atoms with Gasteiger partial charge in [0.2, 0.25) is 15.9 Å². The molecule has 23 heavy (non-hydrogen) atoms. The molecule has 5 nitrogen and oxygen atoms in total. The van der Waals surface area contributed by atoms with Crippen LogP contribution in [0.5, 0.6) is 0 Å². The number of hydrogen-bond acceptors (Lipinski definition) is 3. The summed E-state index contributed by atoms with van der Waals surface area (Å²) in [7, 11) is -3.66. The third-order valence-corrected chi connectivity index (χ3v) is 5.55. The van der Waals surface area contributed by atoms with Gasteiger partial charge in [0.25, 0.3) is 0 Å². The van der Waals surface area contributed by atoms with Gasteiger partial charge in [-0.25, -0.2) is 8.42 Å². The summed E-state index contributed by atoms with van der Waals surface area (Å²) in [6, 6.07) is 4.55. The monoisotopic (exact) mass is 378 g/mol. The van der Waals surface area contributed by atoms with E-state index in [0.717, 1.165) is 23.4 Å². The van der Waals surface area contributed by atoms with E-state index < -0.39 is 10.0 Å². The molecule has 0 radical (unpaired) electrons. The molecular weight excluding hydrogens is 359 g/mol. The molecule has 1 saturated heterocycles. The van der Waals surface area contributed by atoms with E-state index in [1.54, 1.807) is 11.0 Å². The number of nitrogens with zero attached hydrogens (tertiary/aromatic N) is 2. The predicted octanol–water partition coefficient (Wildman–Crippen LogP) is 3.02. The van der Waals surface area contributed by atoms with Crippen LogP contribution < -0.4 is 4.31 Å². The van der Waals surface area contributed by atoms with Crippen molar-refractivity contribution in [3.05, 3.63) is 28.2 Å². The molecule has 1 amide bonds. The van der Waals surface area contributed by atoms with Gasteiger partial charge in [0.05, 0.1) is 17.0 Å². The molecule has 1 aromatic carbocycles. The van der Waals surface area contributed by atoms with Gasteiger partial charge in [0, 0.05) is 18.1 Å². The highest BCUT2D eigenvalue weighted by atomic mass is 35.5. The van der Waals surface area contributed by atoms with Crippen LogP contribution in [0.1, 0.15) is 19.8 Å². The van der Waals surface area contributed by atoms with Gasteiger partial charge in [-0.3, -0.25) is 9.10 Å². The van der Waals surface area contributed by atoms with Crippen LogP contribution in [0, 0.1) is 5.92 Å². The second-order valence-electron chi connectivity index (χ2n) is 5.95. The van der Waals surface area contributed by atoms with Crippen LogP contribution in [0.2, 0.25) is 10.0 Å². The van der Waals surface area contributed by atoms with Crippen LogP contribution in [-0.2, 0) is 14.8 Å². The molecule has 1 aromatic rings. The molecule has 1 heterocycles. The second-order valence-corrected chi connectivity index (χ2v) is 8.70. The van der Waals surface area contributed by atoms with E-state index in [-0.39, 0.29) is 23.2 Å². The topological polar surface area (TPSA) is 57.7 Å². The number of benzene rings is 1. The second kappa shape index (κ2) is 7.28. The lowest BCUT2D eigenvalue weighted by molar-refractivity contribution is -0.131. The van der Waals surface area contributed by atoms with Gasteiger partial charge in [-0.2, -0.15) is 0 Å². The highest BCUT2D eigenvalue weighted by Crippen LogP contribution is 2.30. The third kappa shape index (κ3) is 4.75. The lowest BCUT2D eigenvalue weighted by Gasteiger charge is -2.33. The molecule has 0 aliphatic carbocycles. The highest BCUT2D eigenvalue weighted by molar-refractivity contribution is 7.92. The van der Waals surface area contributed by atoms with E-state index in [4.69, 9.17) is 23.2 Å². The van der Waals surface area contributed by atoms with Crippen LogP contribution in [0.4, 0.5) is 5.69 Å². The molecule has 1 fully saturated rings. The lowest BCUT2D eigenvalue weighted by atomic mass is 10.0. The molecule has 0 saturated carbocycles. The Hall–Kier alpha value is -0.980. The van der Waals surface area contributed by atoms with Crippen LogP contribution in [-0.4, -0.2) is 45.1 Å². The van der Waals surface area contributed by atoms with Gasteiger partial charge in [-0.15, -0.1) is 0 Å². The Labute approximate surface area is 147 Å². The van der Waals surface area contributed by atoms with Gasteiger partial charge in [0.1, 0.15) is 6.54 Å². The molecule has 1 aliphatic heterocycles. The number of anilines is 1. The van der Waals surface area contributed by atoms with Crippen molar-refractivity contribution in [2.45, 2.75) is 19.8 Å². The fraction of sp³-hybridized carbons (Fsp3) is 0.533. The SMILES string of the molecule is CC1CCCN(C(=O)CN(c2cc(Cl)ccc2Cl)S(C)(=O)=O)C1. The Balaban J connectivity index is 2.26. The Bertz CT molecular complexity index is 694. The summed E-state index contributed by atoms with van der Waals surface area (Å²) >= 11 is 12.0. The van der Waals surface area contributed by atoms with E-state index in [9.17, 15) is 13.2 Å². The zero-order valence-corrected chi connectivity index (χ0v) is 15.5. The van der Waals surface area contributed by atoms with Gasteiger partial charge in [0.15, 0.2) is 0 Å². The van der Waals surface area contributed by atoms with Gasteiger partial charge in [-0.1, -0.05) is 30.1 Å². The van der Waals surface area contributed by atoms with Crippen LogP contribution in [0.15, 0.2) is 18.2 Å². The van der Waals surface area contributed by atoms with Crippen LogP contribution >= 0.6 is 23.2 Å². The van der Waals surface area contributed by atoms with Crippen LogP contribution in [0.25, 0.3) is 0 Å². The average Bonchev–Trinajstić information content (AvgIpc) is 2.46. The average molecular weight is 379 g/mol. The summed E-state index contributed by atoms with van der Waals surface area (Å²) in [5, 5.41) is 0.594. The highest BCUT2D eigenvalue weighted by Gasteiger charge is 2.27. The Morgan fingerprint density at radius 2 is 2.09 bits per heavy atom. The third-order valence-electron chi connectivity index (χ3n) is 3.87. The summed E-state index contributed by atoms with van der Waals surface area (Å²) < 4.78 is 25.3. The minimum absolute atomic E-state index is 0.222. The molecule has 1 unspecified atom stereocenters. The summed E-state index contributed by atoms with van der Waals surface area (Å²) in [4.78, 5) is 14.2. The molecule has 1 aliphatic rings. The Kier molecular flexibility index (Phi) is 5.81. The van der Waals surface area contributed by atoms with Crippen molar-refractivity contribution >= 4 is 44.8 Å². The predicted molar refractivity (Wildman–Crippen MR) is 93.6 cm³/mol. The number of carbonyl (C=O) groups is 1. The summed E-state index contributed by atoms with van der Waals surface area (Å²) in [6.45, 7) is 3.12. The first-order chi connectivity index (χ1) is 10.7. The molecular formula is C15H20Cl2N2O3S. The lowest BCUT2D eigenvalue weighted by Crippen LogP contribution is -2.46. The number of halogens is 2. The first-order valence-corrected chi connectivity index (χ1v) is 9.99. The van der Waals surface area contributed by atoms with Crippen molar-refractivity contribution < 1.29 is 13.2 Å². The fourth-order valence-corrected chi connectivity index (χ4v) is 3.99. The number of sulfonamides is 1. The van der Waals surface area contributed by atoms with Gasteiger partial charge < -0.3 is 4.90 Å². The molecule has 8 heteroatoms. The van der Waals surface area contributed by atoms with Crippen molar-refractivity contribution in [3.63, 3.8) is 0 Å². The van der Waals surface area contributed by atoms with E-state index in [2.05, 4.69) is 6.92 Å². The molecule has 2 rings (SSSR count). The minimum Gasteiger partial charge on any atom is -0.341 e. The van der Waals surface area contributed by atoms with Crippen molar-refractivity contribution in [3.8, 4) is 0 Å². The van der Waals surface area contributed by atoms with Gasteiger partial charge in [-0.05, 0) is 37.0 Å². The standard InChI is InChI=1S/C15H20Cl2N2O3S/c1-11-4-3-7-18(9-11)15(20)10-19(23(2,21)22)14-8-12(16)5-6-13(14)17/h5-6,8,11H,3-4,7,9-10H2,1-2H3. The smallest absolute Gasteiger partial charge is 0.243 e. The maximum Gasteiger partial charge on any atom is 0.243 e. The molecule has 0 N–H and O–H groups in total. The molecule has 0 bridgehead atoms. The number of hydrogen-bond donors (Lipinski definition) is 0. The maximum atomic E-state index is 12.5. The van der Waals surface area contributed by atoms with E-state index >= 15 is 0 Å². The first kappa shape index (κ1) is 18.4. The van der Waals surface area contributed by atoms with Crippen molar-refractivity contribution in [2.75, 3.05) is 30.2 Å². The summed E-state index contributed by atoms with van der Waals surface area (Å²) in [6.07, 6.45) is 3.07. The normalized spacial score (nSPS) is 18.8. The van der Waals surface area contributed by atoms with Crippen molar-refractivity contribution in [1.29, 1.82) is 0 Å². The quantitative estimate of drug-likeness (QED) is 0.808. The number of rotatable bonds is 4. The zero-order chi connectivity index (χ0) is 17.2. The number of carbonyl (C=O) groups excluding carboxylic acids is 1. The van der Waals surface area contributed by atoms with E-state index in [0.29, 0.717) is 24.0 Å². The number of piperidine rings is 1. The van der Waals surface area contributed by atoms with Crippen molar-refractivity contribution in [1.82, 2.24) is 4.90 Å². The van der Waals surface area contributed by atoms with E-state index in [1.165, 1.54) is 12.1 Å². The Morgan fingerprint density at radius 3 is 2.70 bits per heavy atom. The minimum atomic E-state index is -3.66. The molecule has 0 aromatic heterocycles. The first-order valence-electron chi connectivity index (χ1n) is 7.39. The number of amides is 1. The summed E-state index contributed by atoms with van der Waals surface area (Å²) in [5.74, 6) is 0.201. The van der Waals surface area contributed by atoms with Gasteiger partial charge >= 0.3 is 0 Å². The van der Waals surface area contributed by atoms with Crippen LogP contribution in [0.3, 0.4) is 0 Å². The fourth-order valence-electron chi connectivity index (χ4n) is 2.70. The Morgan fingerprint density at radius 1 is 1.39 bits per heavy atom. The zero-order valence-electron chi connectivity index (χ0n) is 13.1. The molecule has 128 valence electrons. The summed E-state index contributed by atoms with van der Waals surface area (Å²) in [5.41, 5.74) is 0.222. The molecule has 1 atom stereocenters. The van der Waals surface area contributed by atoms with E-state index in [1.807, 2.05) is 0 Å². The molecule has 0 spiro atoms. The largest absolute Gasteiger partial charge is 0.341 e. The van der Waals surface area contributed by atoms with Crippen molar-refractivity contribution in [2.24, 2.45) is 5.92 Å². The maximum absolute atomic E-state index is 12.5.